The van der Waals surface area contributed by atoms with Gasteiger partial charge in [0, 0.05) is 19.3 Å². The van der Waals surface area contributed by atoms with Crippen molar-refractivity contribution in [1.29, 1.82) is 0 Å². The Kier molecular flexibility index (Phi) is 5.50. The molecule has 2 fully saturated rings. The summed E-state index contributed by atoms with van der Waals surface area (Å²) in [6.45, 7) is 2.62. The molecule has 1 saturated heterocycles. The lowest BCUT2D eigenvalue weighted by molar-refractivity contribution is -0.138. The van der Waals surface area contributed by atoms with E-state index in [9.17, 15) is 22.8 Å². The van der Waals surface area contributed by atoms with Crippen LogP contribution in [-0.4, -0.2) is 51.0 Å². The van der Waals surface area contributed by atoms with Gasteiger partial charge in [-0.3, -0.25) is 0 Å². The summed E-state index contributed by atoms with van der Waals surface area (Å²) in [7, 11) is 0. The van der Waals surface area contributed by atoms with E-state index in [0.29, 0.717) is 18.7 Å². The van der Waals surface area contributed by atoms with Gasteiger partial charge >= 0.3 is 18.2 Å². The number of carbonyl (C=O) groups is 2. The van der Waals surface area contributed by atoms with Crippen molar-refractivity contribution in [2.45, 2.75) is 38.7 Å². The highest BCUT2D eigenvalue weighted by Gasteiger charge is 2.43. The van der Waals surface area contributed by atoms with E-state index in [-0.39, 0.29) is 41.8 Å². The number of amides is 1. The standard InChI is InChI=1S/C21H22F3N3O4/c1-12-13(3-2-4-17(12)21(22,23)24)11-31-16-7-14-9-26(10-15(14)8-16)20(30)27-6-5-18(25-27)19(28)29/h2-6,14-16H,7-11H2,1H3,(H,28,29)/t14-,15+,16+. The SMILES string of the molecule is Cc1c(CO[C@H]2C[C@@H]3CN(C(=O)n4ccc(C(=O)O)n4)C[C@@H]3C2)cccc1C(F)(F)F. The van der Waals surface area contributed by atoms with Gasteiger partial charge in [-0.15, -0.1) is 0 Å². The molecule has 1 aliphatic heterocycles. The van der Waals surface area contributed by atoms with E-state index in [2.05, 4.69) is 5.10 Å². The Labute approximate surface area is 176 Å². The molecular formula is C21H22F3N3O4. The lowest BCUT2D eigenvalue weighted by Gasteiger charge is -2.20. The normalized spacial score (nSPS) is 23.2. The fourth-order valence-corrected chi connectivity index (χ4v) is 4.58. The van der Waals surface area contributed by atoms with E-state index in [0.717, 1.165) is 23.6 Å². The average molecular weight is 437 g/mol. The monoisotopic (exact) mass is 437 g/mol. The van der Waals surface area contributed by atoms with E-state index in [1.165, 1.54) is 25.3 Å². The minimum atomic E-state index is -4.39. The van der Waals surface area contributed by atoms with E-state index >= 15 is 0 Å². The van der Waals surface area contributed by atoms with Crippen molar-refractivity contribution < 1.29 is 32.6 Å². The summed E-state index contributed by atoms with van der Waals surface area (Å²) in [4.78, 5) is 25.2. The van der Waals surface area contributed by atoms with Crippen molar-refractivity contribution in [3.05, 3.63) is 52.8 Å². The highest BCUT2D eigenvalue weighted by Crippen LogP contribution is 2.40. The molecule has 1 aromatic heterocycles. The predicted molar refractivity (Wildman–Crippen MR) is 103 cm³/mol. The van der Waals surface area contributed by atoms with Crippen molar-refractivity contribution >= 4 is 12.0 Å². The molecule has 2 heterocycles. The van der Waals surface area contributed by atoms with Gasteiger partial charge in [0.2, 0.25) is 0 Å². The topological polar surface area (TPSA) is 84.7 Å². The zero-order valence-electron chi connectivity index (χ0n) is 16.8. The highest BCUT2D eigenvalue weighted by atomic mass is 19.4. The molecule has 2 aromatic rings. The maximum atomic E-state index is 13.1. The van der Waals surface area contributed by atoms with Crippen LogP contribution in [0.5, 0.6) is 0 Å². The number of carboxylic acids is 1. The third kappa shape index (κ3) is 4.30. The number of carboxylic acid groups (broad SMARTS) is 1. The molecule has 1 N–H and O–H groups in total. The van der Waals surface area contributed by atoms with Crippen LogP contribution >= 0.6 is 0 Å². The summed E-state index contributed by atoms with van der Waals surface area (Å²) in [5.41, 5.74) is -0.122. The Bertz CT molecular complexity index is 990. The molecule has 4 rings (SSSR count). The zero-order chi connectivity index (χ0) is 22.3. The number of likely N-dealkylation sites (tertiary alicyclic amines) is 1. The van der Waals surface area contributed by atoms with Crippen LogP contribution in [0.25, 0.3) is 0 Å². The number of halogens is 3. The lowest BCUT2D eigenvalue weighted by atomic mass is 10.0. The second-order valence-electron chi connectivity index (χ2n) is 8.15. The molecule has 31 heavy (non-hydrogen) atoms. The van der Waals surface area contributed by atoms with Crippen LogP contribution in [0.3, 0.4) is 0 Å². The van der Waals surface area contributed by atoms with Crippen molar-refractivity contribution in [1.82, 2.24) is 14.7 Å². The fourth-order valence-electron chi connectivity index (χ4n) is 4.58. The van der Waals surface area contributed by atoms with E-state index in [4.69, 9.17) is 9.84 Å². The van der Waals surface area contributed by atoms with Gasteiger partial charge in [-0.2, -0.15) is 23.0 Å². The average Bonchev–Trinajstić information content (AvgIpc) is 3.40. The van der Waals surface area contributed by atoms with Gasteiger partial charge < -0.3 is 14.7 Å². The smallest absolute Gasteiger partial charge is 0.416 e. The van der Waals surface area contributed by atoms with Crippen LogP contribution in [0.4, 0.5) is 18.0 Å². The number of aromatic nitrogens is 2. The number of alkyl halides is 3. The van der Waals surface area contributed by atoms with Gasteiger partial charge in [-0.05, 0) is 54.9 Å². The number of fused-ring (bicyclic) bond motifs is 1. The third-order valence-corrected chi connectivity index (χ3v) is 6.21. The minimum Gasteiger partial charge on any atom is -0.476 e. The number of nitrogens with zero attached hydrogens (tertiary/aromatic N) is 3. The van der Waals surface area contributed by atoms with Gasteiger partial charge in [-0.1, -0.05) is 12.1 Å². The summed E-state index contributed by atoms with van der Waals surface area (Å²) >= 11 is 0. The number of ether oxygens (including phenoxy) is 1. The lowest BCUT2D eigenvalue weighted by Crippen LogP contribution is -2.34. The number of hydrogen-bond donors (Lipinski definition) is 1. The van der Waals surface area contributed by atoms with E-state index < -0.39 is 17.7 Å². The maximum absolute atomic E-state index is 13.1. The van der Waals surface area contributed by atoms with Crippen molar-refractivity contribution in [2.24, 2.45) is 11.8 Å². The molecule has 166 valence electrons. The Balaban J connectivity index is 1.32. The third-order valence-electron chi connectivity index (χ3n) is 6.21. The fraction of sp³-hybridized carbons (Fsp3) is 0.476. The summed E-state index contributed by atoms with van der Waals surface area (Å²) in [5.74, 6) is -0.710. The van der Waals surface area contributed by atoms with Crippen molar-refractivity contribution in [3.8, 4) is 0 Å². The Hall–Kier alpha value is -2.88. The summed E-state index contributed by atoms with van der Waals surface area (Å²) in [5, 5.41) is 12.7. The second kappa shape index (κ2) is 7.99. The van der Waals surface area contributed by atoms with Gasteiger partial charge in [0.1, 0.15) is 0 Å². The second-order valence-corrected chi connectivity index (χ2v) is 8.15. The van der Waals surface area contributed by atoms with Crippen LogP contribution in [0, 0.1) is 18.8 Å². The largest absolute Gasteiger partial charge is 0.476 e. The summed E-state index contributed by atoms with van der Waals surface area (Å²) in [6.07, 6.45) is -1.66. The number of benzene rings is 1. The van der Waals surface area contributed by atoms with Crippen LogP contribution in [-0.2, 0) is 17.5 Å². The molecule has 0 radical (unpaired) electrons. The van der Waals surface area contributed by atoms with Crippen LogP contribution in [0.1, 0.15) is 40.0 Å². The van der Waals surface area contributed by atoms with E-state index in [1.54, 1.807) is 11.0 Å². The van der Waals surface area contributed by atoms with Crippen molar-refractivity contribution in [2.75, 3.05) is 13.1 Å². The number of rotatable bonds is 4. The Morgan fingerprint density at radius 3 is 2.45 bits per heavy atom. The van der Waals surface area contributed by atoms with Crippen molar-refractivity contribution in [3.63, 3.8) is 0 Å². The first-order chi connectivity index (χ1) is 14.6. The summed E-state index contributed by atoms with van der Waals surface area (Å²) < 4.78 is 46.2. The highest BCUT2D eigenvalue weighted by molar-refractivity contribution is 5.86. The molecule has 1 amide bonds. The molecule has 3 atom stereocenters. The molecule has 1 saturated carbocycles. The van der Waals surface area contributed by atoms with E-state index in [1.807, 2.05) is 0 Å². The minimum absolute atomic E-state index is 0.0653. The number of hydrogen-bond acceptors (Lipinski definition) is 4. The predicted octanol–water partition coefficient (Wildman–Crippen LogP) is 3.80. The van der Waals surface area contributed by atoms with Crippen LogP contribution in [0.15, 0.2) is 30.5 Å². The Morgan fingerprint density at radius 2 is 1.87 bits per heavy atom. The van der Waals surface area contributed by atoms with Gasteiger partial charge in [-0.25, -0.2) is 9.59 Å². The summed E-state index contributed by atoms with van der Waals surface area (Å²) in [6, 6.07) is 5.03. The maximum Gasteiger partial charge on any atom is 0.416 e. The number of aromatic carboxylic acids is 1. The van der Waals surface area contributed by atoms with Crippen LogP contribution < -0.4 is 0 Å². The van der Waals surface area contributed by atoms with Crippen LogP contribution in [0.2, 0.25) is 0 Å². The van der Waals surface area contributed by atoms with Gasteiger partial charge in [0.25, 0.3) is 0 Å². The first-order valence-corrected chi connectivity index (χ1v) is 9.99. The first kappa shape index (κ1) is 21.4. The zero-order valence-corrected chi connectivity index (χ0v) is 16.8. The molecule has 0 unspecified atom stereocenters. The first-order valence-electron chi connectivity index (χ1n) is 9.99. The molecule has 1 aromatic carbocycles. The van der Waals surface area contributed by atoms with Gasteiger partial charge in [0.15, 0.2) is 5.69 Å². The molecule has 1 aliphatic carbocycles. The molecule has 10 heteroatoms. The molecule has 0 bridgehead atoms. The van der Waals surface area contributed by atoms with Gasteiger partial charge in [0.05, 0.1) is 18.3 Å². The molecule has 2 aliphatic rings. The molecular weight excluding hydrogens is 415 g/mol. The molecule has 7 nitrogen and oxygen atoms in total. The Morgan fingerprint density at radius 1 is 1.19 bits per heavy atom. The number of carbonyl (C=O) groups excluding carboxylic acids is 1. The quantitative estimate of drug-likeness (QED) is 0.787. The molecule has 0 spiro atoms.